The zero-order valence-electron chi connectivity index (χ0n) is 9.68. The van der Waals surface area contributed by atoms with Crippen molar-refractivity contribution < 1.29 is 8.42 Å². The summed E-state index contributed by atoms with van der Waals surface area (Å²) >= 11 is 0. The molecule has 4 nitrogen and oxygen atoms in total. The summed E-state index contributed by atoms with van der Waals surface area (Å²) in [5.41, 5.74) is 7.31. The molecule has 0 aliphatic carbocycles. The van der Waals surface area contributed by atoms with Gasteiger partial charge < -0.3 is 10.6 Å². The molecule has 0 aliphatic heterocycles. The highest BCUT2D eigenvalue weighted by atomic mass is 32.2. The summed E-state index contributed by atoms with van der Waals surface area (Å²) in [5.74, 6) is 0.172. The van der Waals surface area contributed by atoms with Gasteiger partial charge in [-0.25, -0.2) is 8.42 Å². The first-order chi connectivity index (χ1) is 7.42. The van der Waals surface area contributed by atoms with Crippen LogP contribution in [0.25, 0.3) is 0 Å². The molecule has 90 valence electrons. The van der Waals surface area contributed by atoms with Crippen molar-refractivity contribution in [1.29, 1.82) is 0 Å². The summed E-state index contributed by atoms with van der Waals surface area (Å²) in [6, 6.07) is 7.44. The average Bonchev–Trinajstić information content (AvgIpc) is 2.20. The van der Waals surface area contributed by atoms with Crippen LogP contribution in [-0.4, -0.2) is 33.5 Å². The largest absolute Gasteiger partial charge is 0.399 e. The Hall–Kier alpha value is -1.23. The molecule has 0 spiro atoms. The van der Waals surface area contributed by atoms with Crippen molar-refractivity contribution >= 4 is 21.2 Å². The number of nitrogen functional groups attached to an aromatic ring is 1. The van der Waals surface area contributed by atoms with Gasteiger partial charge in [-0.3, -0.25) is 0 Å². The highest BCUT2D eigenvalue weighted by molar-refractivity contribution is 7.90. The molecule has 2 N–H and O–H groups in total. The monoisotopic (exact) mass is 242 g/mol. The van der Waals surface area contributed by atoms with Gasteiger partial charge >= 0.3 is 0 Å². The van der Waals surface area contributed by atoms with Gasteiger partial charge in [0.1, 0.15) is 9.84 Å². The van der Waals surface area contributed by atoms with Crippen LogP contribution in [0.15, 0.2) is 24.3 Å². The minimum absolute atomic E-state index is 0.172. The van der Waals surface area contributed by atoms with Gasteiger partial charge in [0.15, 0.2) is 0 Å². The van der Waals surface area contributed by atoms with Crippen molar-refractivity contribution in [3.05, 3.63) is 24.3 Å². The SMILES string of the molecule is CCN(CCS(C)(=O)=O)c1ccc(N)cc1. The third-order valence-electron chi connectivity index (χ3n) is 2.37. The molecule has 0 radical (unpaired) electrons. The summed E-state index contributed by atoms with van der Waals surface area (Å²) < 4.78 is 22.2. The van der Waals surface area contributed by atoms with Crippen LogP contribution in [0, 0.1) is 0 Å². The second-order valence-corrected chi connectivity index (χ2v) is 6.06. The zero-order chi connectivity index (χ0) is 12.2. The molecule has 1 aromatic rings. The van der Waals surface area contributed by atoms with Crippen LogP contribution in [0.5, 0.6) is 0 Å². The Morgan fingerprint density at radius 2 is 1.81 bits per heavy atom. The van der Waals surface area contributed by atoms with Gasteiger partial charge in [-0.1, -0.05) is 0 Å². The molecule has 1 aromatic carbocycles. The molecule has 0 saturated carbocycles. The first-order valence-electron chi connectivity index (χ1n) is 5.20. The number of rotatable bonds is 5. The highest BCUT2D eigenvalue weighted by Crippen LogP contribution is 2.15. The summed E-state index contributed by atoms with van der Waals surface area (Å²) in [4.78, 5) is 2.01. The average molecular weight is 242 g/mol. The van der Waals surface area contributed by atoms with Crippen LogP contribution < -0.4 is 10.6 Å². The Bertz CT molecular complexity index is 426. The number of anilines is 2. The molecule has 0 amide bonds. The predicted molar refractivity (Wildman–Crippen MR) is 68.5 cm³/mol. The van der Waals surface area contributed by atoms with E-state index in [0.717, 1.165) is 12.2 Å². The smallest absolute Gasteiger partial charge is 0.149 e. The topological polar surface area (TPSA) is 63.4 Å². The van der Waals surface area contributed by atoms with E-state index in [0.29, 0.717) is 12.2 Å². The fourth-order valence-electron chi connectivity index (χ4n) is 1.43. The molecular formula is C11H18N2O2S. The number of nitrogens with zero attached hydrogens (tertiary/aromatic N) is 1. The number of hydrogen-bond acceptors (Lipinski definition) is 4. The van der Waals surface area contributed by atoms with Crippen LogP contribution in [0.2, 0.25) is 0 Å². The molecule has 5 heteroatoms. The molecule has 0 atom stereocenters. The number of benzene rings is 1. The first-order valence-corrected chi connectivity index (χ1v) is 7.26. The fraction of sp³-hybridized carbons (Fsp3) is 0.455. The van der Waals surface area contributed by atoms with Gasteiger partial charge in [0.05, 0.1) is 5.75 Å². The molecule has 16 heavy (non-hydrogen) atoms. The van der Waals surface area contributed by atoms with Gasteiger partial charge in [0.2, 0.25) is 0 Å². The van der Waals surface area contributed by atoms with Crippen molar-refractivity contribution in [2.24, 2.45) is 0 Å². The summed E-state index contributed by atoms with van der Waals surface area (Å²) in [7, 11) is -2.91. The lowest BCUT2D eigenvalue weighted by Crippen LogP contribution is -2.28. The second-order valence-electron chi connectivity index (χ2n) is 3.80. The van der Waals surface area contributed by atoms with Crippen LogP contribution in [-0.2, 0) is 9.84 Å². The first kappa shape index (κ1) is 12.8. The van der Waals surface area contributed by atoms with Gasteiger partial charge in [-0.05, 0) is 31.2 Å². The van der Waals surface area contributed by atoms with E-state index in [9.17, 15) is 8.42 Å². The fourth-order valence-corrected chi connectivity index (χ4v) is 1.98. The van der Waals surface area contributed by atoms with E-state index >= 15 is 0 Å². The Kier molecular flexibility index (Phi) is 4.18. The molecule has 0 unspecified atom stereocenters. The lowest BCUT2D eigenvalue weighted by atomic mass is 10.2. The van der Waals surface area contributed by atoms with Crippen molar-refractivity contribution in [2.75, 3.05) is 35.7 Å². The molecule has 1 rings (SSSR count). The second kappa shape index (κ2) is 5.21. The molecule has 0 heterocycles. The van der Waals surface area contributed by atoms with E-state index in [4.69, 9.17) is 5.73 Å². The van der Waals surface area contributed by atoms with Gasteiger partial charge in [-0.2, -0.15) is 0 Å². The van der Waals surface area contributed by atoms with Crippen molar-refractivity contribution in [3.8, 4) is 0 Å². The van der Waals surface area contributed by atoms with Crippen LogP contribution in [0.3, 0.4) is 0 Å². The number of sulfone groups is 1. The predicted octanol–water partition coefficient (Wildman–Crippen LogP) is 1.14. The van der Waals surface area contributed by atoms with Crippen LogP contribution in [0.4, 0.5) is 11.4 Å². The Balaban J connectivity index is 2.71. The maximum atomic E-state index is 11.1. The lowest BCUT2D eigenvalue weighted by Gasteiger charge is -2.22. The van der Waals surface area contributed by atoms with E-state index in [1.54, 1.807) is 0 Å². The van der Waals surface area contributed by atoms with Crippen molar-refractivity contribution in [1.82, 2.24) is 0 Å². The summed E-state index contributed by atoms with van der Waals surface area (Å²) in [6.45, 7) is 3.29. The van der Waals surface area contributed by atoms with E-state index in [-0.39, 0.29) is 5.75 Å². The van der Waals surface area contributed by atoms with E-state index in [1.165, 1.54) is 6.26 Å². The van der Waals surface area contributed by atoms with Crippen LogP contribution in [0.1, 0.15) is 6.92 Å². The molecule has 0 bridgehead atoms. The molecule has 0 aromatic heterocycles. The zero-order valence-corrected chi connectivity index (χ0v) is 10.5. The summed E-state index contributed by atoms with van der Waals surface area (Å²) in [6.07, 6.45) is 1.25. The number of nitrogens with two attached hydrogens (primary N) is 1. The van der Waals surface area contributed by atoms with Crippen LogP contribution >= 0.6 is 0 Å². The standard InChI is InChI=1S/C11H18N2O2S/c1-3-13(8-9-16(2,14)15)11-6-4-10(12)5-7-11/h4-7H,3,8-9,12H2,1-2H3. The van der Waals surface area contributed by atoms with E-state index < -0.39 is 9.84 Å². The lowest BCUT2D eigenvalue weighted by molar-refractivity contribution is 0.600. The maximum absolute atomic E-state index is 11.1. The molecule has 0 fully saturated rings. The number of hydrogen-bond donors (Lipinski definition) is 1. The molecule has 0 saturated heterocycles. The Morgan fingerprint density at radius 1 is 1.25 bits per heavy atom. The minimum Gasteiger partial charge on any atom is -0.399 e. The quantitative estimate of drug-likeness (QED) is 0.786. The third-order valence-corrected chi connectivity index (χ3v) is 3.30. The minimum atomic E-state index is -2.91. The normalized spacial score (nSPS) is 11.4. The van der Waals surface area contributed by atoms with Crippen molar-refractivity contribution in [3.63, 3.8) is 0 Å². The maximum Gasteiger partial charge on any atom is 0.149 e. The Morgan fingerprint density at radius 3 is 2.25 bits per heavy atom. The highest BCUT2D eigenvalue weighted by Gasteiger charge is 2.08. The Labute approximate surface area is 97.0 Å². The van der Waals surface area contributed by atoms with Crippen molar-refractivity contribution in [2.45, 2.75) is 6.92 Å². The van der Waals surface area contributed by atoms with Gasteiger partial charge in [0, 0.05) is 30.7 Å². The van der Waals surface area contributed by atoms with E-state index in [2.05, 4.69) is 0 Å². The third kappa shape index (κ3) is 4.10. The van der Waals surface area contributed by atoms with Gasteiger partial charge in [0.25, 0.3) is 0 Å². The summed E-state index contributed by atoms with van der Waals surface area (Å²) in [5, 5.41) is 0. The molecular weight excluding hydrogens is 224 g/mol. The molecule has 0 aliphatic rings. The van der Waals surface area contributed by atoms with E-state index in [1.807, 2.05) is 36.1 Å². The van der Waals surface area contributed by atoms with Gasteiger partial charge in [-0.15, -0.1) is 0 Å².